The number of aliphatic hydroxyl groups excluding tert-OH is 1. The van der Waals surface area contributed by atoms with E-state index < -0.39 is 6.29 Å². The van der Waals surface area contributed by atoms with E-state index in [1.54, 1.807) is 0 Å². The number of fused-ring (bicyclic) bond motifs is 1. The lowest BCUT2D eigenvalue weighted by atomic mass is 9.53. The average Bonchev–Trinajstić information content (AvgIpc) is 3.22. The summed E-state index contributed by atoms with van der Waals surface area (Å²) < 4.78 is 13.7. The summed E-state index contributed by atoms with van der Waals surface area (Å²) in [5.41, 5.74) is 7.48. The van der Waals surface area contributed by atoms with Gasteiger partial charge in [-0.2, -0.15) is 0 Å². The lowest BCUT2D eigenvalue weighted by Crippen LogP contribution is -2.61. The number of nitrogens with one attached hydrogen (secondary N) is 2. The number of amides is 2. The zero-order valence-electron chi connectivity index (χ0n) is 33.6. The maximum Gasteiger partial charge on any atom is 0.315 e. The Labute approximate surface area is 337 Å². The van der Waals surface area contributed by atoms with Gasteiger partial charge < -0.3 is 25.2 Å². The van der Waals surface area contributed by atoms with Gasteiger partial charge in [0.15, 0.2) is 6.29 Å². The minimum Gasteiger partial charge on any atom is -0.392 e. The van der Waals surface area contributed by atoms with Crippen molar-refractivity contribution < 1.29 is 19.4 Å². The highest BCUT2D eigenvalue weighted by Gasteiger charge is 2.51. The normalized spacial score (nSPS) is 28.4. The van der Waals surface area contributed by atoms with Crippen LogP contribution in [0.4, 0.5) is 4.79 Å². The number of ether oxygens (including phenoxy) is 2. The molecule has 1 aliphatic heterocycles. The molecule has 4 saturated carbocycles. The summed E-state index contributed by atoms with van der Waals surface area (Å²) in [4.78, 5) is 15.6. The first kappa shape index (κ1) is 38.0. The van der Waals surface area contributed by atoms with Gasteiger partial charge in [-0.3, -0.25) is 4.90 Å². The zero-order valence-corrected chi connectivity index (χ0v) is 33.6. The minimum absolute atomic E-state index is 0.00301. The van der Waals surface area contributed by atoms with Crippen molar-refractivity contribution in [2.75, 3.05) is 13.6 Å². The third-order valence-electron chi connectivity index (χ3n) is 13.8. The van der Waals surface area contributed by atoms with Gasteiger partial charge in [0, 0.05) is 36.2 Å². The van der Waals surface area contributed by atoms with Crippen molar-refractivity contribution in [2.45, 2.75) is 95.6 Å². The van der Waals surface area contributed by atoms with E-state index in [2.05, 4.69) is 140 Å². The summed E-state index contributed by atoms with van der Waals surface area (Å²) in [6, 6.07) is 40.5. The van der Waals surface area contributed by atoms with E-state index in [-0.39, 0.29) is 42.3 Å². The third kappa shape index (κ3) is 8.13. The number of aliphatic hydroxyl groups is 1. The summed E-state index contributed by atoms with van der Waals surface area (Å²) in [6.07, 6.45) is 6.71. The van der Waals surface area contributed by atoms with Crippen LogP contribution in [-0.4, -0.2) is 41.3 Å². The number of urea groups is 1. The van der Waals surface area contributed by atoms with Gasteiger partial charge in [0.25, 0.3) is 0 Å². The number of nitrogens with zero attached hydrogens (tertiary/aromatic N) is 1. The molecule has 0 unspecified atom stereocenters. The number of likely N-dealkylation sites (N-methyl/N-ethyl adjacent to an activating group) is 1. The highest BCUT2D eigenvalue weighted by atomic mass is 16.7. The summed E-state index contributed by atoms with van der Waals surface area (Å²) in [6.45, 7) is 5.72. The second-order valence-electron chi connectivity index (χ2n) is 17.9. The first-order valence-corrected chi connectivity index (χ1v) is 21.2. The molecular formula is C50H57N3O4. The van der Waals surface area contributed by atoms with Crippen LogP contribution in [0, 0.1) is 23.7 Å². The first-order valence-electron chi connectivity index (χ1n) is 21.2. The molecule has 296 valence electrons. The van der Waals surface area contributed by atoms with Gasteiger partial charge in [-0.15, -0.1) is 0 Å². The van der Waals surface area contributed by atoms with Gasteiger partial charge in [0.2, 0.25) is 0 Å². The Balaban J connectivity index is 0.884. The molecule has 0 spiro atoms. The number of benzene rings is 5. The van der Waals surface area contributed by atoms with Gasteiger partial charge in [-0.1, -0.05) is 110 Å². The van der Waals surface area contributed by atoms with Crippen LogP contribution in [0.25, 0.3) is 21.9 Å². The Hall–Kier alpha value is -4.53. The van der Waals surface area contributed by atoms with E-state index in [9.17, 15) is 9.90 Å². The molecule has 7 heteroatoms. The van der Waals surface area contributed by atoms with Crippen molar-refractivity contribution in [2.24, 2.45) is 23.7 Å². The Morgan fingerprint density at radius 2 is 1.46 bits per heavy atom. The molecule has 2 amide bonds. The van der Waals surface area contributed by atoms with Crippen LogP contribution >= 0.6 is 0 Å². The standard InChI is InChI=1S/C50H57N3O4/c1-32-46(30-53(3)33(2)43-20-17-39-8-4-5-9-45(39)25-43)56-48(57-47(32)41-13-11-34(31-54)12-14-41)42-18-15-40(16-19-42)44-10-6-7-35(24-44)29-51-49(55)52-50-26-36-21-37(27-50)23-38(22-36)28-50/h4-20,24-25,32-33,36-38,46-48,54H,21-23,26-31H2,1-3H3,(H2,51,52,55)/t32-,33-,36?,37?,38?,46+,47+,48+,50?/m1/s1. The van der Waals surface area contributed by atoms with Gasteiger partial charge in [-0.05, 0) is 127 Å². The van der Waals surface area contributed by atoms with E-state index in [4.69, 9.17) is 9.47 Å². The van der Waals surface area contributed by atoms with Gasteiger partial charge in [-0.25, -0.2) is 4.79 Å². The molecule has 4 bridgehead atoms. The van der Waals surface area contributed by atoms with Crippen molar-refractivity contribution in [1.29, 1.82) is 0 Å². The minimum atomic E-state index is -0.546. The Kier molecular flexibility index (Phi) is 10.7. The third-order valence-corrected chi connectivity index (χ3v) is 13.8. The van der Waals surface area contributed by atoms with Crippen LogP contribution in [0.2, 0.25) is 0 Å². The Morgan fingerprint density at radius 3 is 2.16 bits per heavy atom. The fourth-order valence-corrected chi connectivity index (χ4v) is 10.9. The lowest BCUT2D eigenvalue weighted by molar-refractivity contribution is -0.276. The van der Waals surface area contributed by atoms with Gasteiger partial charge in [0.05, 0.1) is 18.8 Å². The first-order chi connectivity index (χ1) is 27.7. The van der Waals surface area contributed by atoms with E-state index in [1.165, 1.54) is 35.6 Å². The zero-order chi connectivity index (χ0) is 39.1. The SMILES string of the molecule is C[C@@H]1[C@H](CN(C)[C@H](C)c2ccc3ccccc3c2)O[C@H](c2ccc(-c3cccc(CNC(=O)NC45CC6CC(CC(C6)C4)C5)c3)cc2)O[C@@H]1c1ccc(CO)cc1. The van der Waals surface area contributed by atoms with E-state index in [0.29, 0.717) is 6.54 Å². The largest absolute Gasteiger partial charge is 0.392 e. The highest BCUT2D eigenvalue weighted by molar-refractivity contribution is 5.83. The van der Waals surface area contributed by atoms with Gasteiger partial charge in [0.1, 0.15) is 0 Å². The maximum absolute atomic E-state index is 13.2. The predicted octanol–water partition coefficient (Wildman–Crippen LogP) is 10.3. The molecular weight excluding hydrogens is 707 g/mol. The van der Waals surface area contributed by atoms with Crippen LogP contribution in [0.1, 0.15) is 98.6 Å². The van der Waals surface area contributed by atoms with Crippen LogP contribution in [0.15, 0.2) is 115 Å². The summed E-state index contributed by atoms with van der Waals surface area (Å²) >= 11 is 0. The van der Waals surface area contributed by atoms with Crippen molar-refractivity contribution in [3.05, 3.63) is 143 Å². The monoisotopic (exact) mass is 763 g/mol. The number of rotatable bonds is 11. The summed E-state index contributed by atoms with van der Waals surface area (Å²) in [7, 11) is 2.18. The van der Waals surface area contributed by atoms with Crippen LogP contribution in [0.3, 0.4) is 0 Å². The Morgan fingerprint density at radius 1 is 0.772 bits per heavy atom. The molecule has 1 heterocycles. The quantitative estimate of drug-likeness (QED) is 0.125. The molecule has 7 nitrogen and oxygen atoms in total. The molecule has 0 aromatic heterocycles. The molecule has 5 aromatic carbocycles. The molecule has 5 atom stereocenters. The second kappa shape index (κ2) is 16.0. The lowest BCUT2D eigenvalue weighted by Gasteiger charge is -2.56. The van der Waals surface area contributed by atoms with Crippen molar-refractivity contribution in [3.63, 3.8) is 0 Å². The predicted molar refractivity (Wildman–Crippen MR) is 226 cm³/mol. The number of hydrogen-bond acceptors (Lipinski definition) is 5. The molecule has 10 rings (SSSR count). The molecule has 57 heavy (non-hydrogen) atoms. The Bertz CT molecular complexity index is 2150. The van der Waals surface area contributed by atoms with Crippen molar-refractivity contribution in [1.82, 2.24) is 15.5 Å². The molecule has 4 aliphatic carbocycles. The number of carbonyl (C=O) groups excluding carboxylic acids is 1. The van der Waals surface area contributed by atoms with E-state index in [1.807, 2.05) is 12.1 Å². The summed E-state index contributed by atoms with van der Waals surface area (Å²) in [5, 5.41) is 18.8. The van der Waals surface area contributed by atoms with Crippen LogP contribution < -0.4 is 10.6 Å². The second-order valence-corrected chi connectivity index (χ2v) is 17.9. The smallest absolute Gasteiger partial charge is 0.315 e. The molecule has 5 aliphatic rings. The summed E-state index contributed by atoms with van der Waals surface area (Å²) in [5.74, 6) is 2.47. The molecule has 1 saturated heterocycles. The molecule has 3 N–H and O–H groups in total. The molecule has 5 aromatic rings. The maximum atomic E-state index is 13.2. The van der Waals surface area contributed by atoms with Crippen molar-refractivity contribution >= 4 is 16.8 Å². The van der Waals surface area contributed by atoms with Gasteiger partial charge >= 0.3 is 6.03 Å². The fraction of sp³-hybridized carbons (Fsp3) is 0.420. The topological polar surface area (TPSA) is 83.1 Å². The van der Waals surface area contributed by atoms with E-state index >= 15 is 0 Å². The van der Waals surface area contributed by atoms with Crippen LogP contribution in [-0.2, 0) is 22.6 Å². The fourth-order valence-electron chi connectivity index (χ4n) is 10.9. The number of hydrogen-bond donors (Lipinski definition) is 3. The molecule has 0 radical (unpaired) electrons. The van der Waals surface area contributed by atoms with Crippen LogP contribution in [0.5, 0.6) is 0 Å². The highest BCUT2D eigenvalue weighted by Crippen LogP contribution is 2.55. The average molecular weight is 764 g/mol. The van der Waals surface area contributed by atoms with Crippen molar-refractivity contribution in [3.8, 4) is 11.1 Å². The molecule has 5 fully saturated rings. The number of carbonyl (C=O) groups is 1. The van der Waals surface area contributed by atoms with E-state index in [0.717, 1.165) is 76.9 Å².